The fraction of sp³-hybridized carbons (Fsp3) is 0.909. The minimum absolute atomic E-state index is 0.192. The molecule has 0 unspecified atom stereocenters. The van der Waals surface area contributed by atoms with Gasteiger partial charge in [-0.15, -0.1) is 0 Å². The Kier molecular flexibility index (Phi) is 3.76. The second-order valence-electron chi connectivity index (χ2n) is 4.82. The van der Waals surface area contributed by atoms with E-state index in [0.717, 1.165) is 19.4 Å². The molecule has 1 aliphatic heterocycles. The highest BCUT2D eigenvalue weighted by molar-refractivity contribution is 6.62. The van der Waals surface area contributed by atoms with E-state index in [-0.39, 0.29) is 5.16 Å². The minimum Gasteiger partial charge on any atom is -0.341 e. The van der Waals surface area contributed by atoms with Gasteiger partial charge in [-0.05, 0) is 20.3 Å². The fourth-order valence-corrected chi connectivity index (χ4v) is 6.06. The lowest BCUT2D eigenvalue weighted by molar-refractivity contribution is -0.130. The van der Waals surface area contributed by atoms with E-state index in [1.165, 1.54) is 12.1 Å². The van der Waals surface area contributed by atoms with Crippen LogP contribution < -0.4 is 0 Å². The van der Waals surface area contributed by atoms with E-state index in [1.54, 1.807) is 0 Å². The van der Waals surface area contributed by atoms with Gasteiger partial charge in [0.25, 0.3) is 0 Å². The van der Waals surface area contributed by atoms with Crippen LogP contribution in [0, 0.1) is 0 Å². The lowest BCUT2D eigenvalue weighted by Gasteiger charge is -2.41. The second kappa shape index (κ2) is 4.47. The van der Waals surface area contributed by atoms with Gasteiger partial charge in [-0.3, -0.25) is 4.79 Å². The molecule has 82 valence electrons. The smallest absolute Gasteiger partial charge is 0.222 e. The standard InChI is InChI=1S/C11H23NOSi/c1-5-14(6-2)11(3,4)12-9-7-8-10(12)13/h14H,5-9H2,1-4H3. The molecule has 0 aromatic rings. The van der Waals surface area contributed by atoms with Crippen LogP contribution in [0.3, 0.4) is 0 Å². The summed E-state index contributed by atoms with van der Waals surface area (Å²) in [7, 11) is -0.788. The third-order valence-corrected chi connectivity index (χ3v) is 8.03. The molecule has 14 heavy (non-hydrogen) atoms. The Hall–Kier alpha value is -0.313. The van der Waals surface area contributed by atoms with Gasteiger partial charge < -0.3 is 4.90 Å². The SMILES string of the molecule is CC[SiH](CC)C(C)(C)N1CCCC1=O. The van der Waals surface area contributed by atoms with Gasteiger partial charge >= 0.3 is 0 Å². The van der Waals surface area contributed by atoms with Crippen molar-refractivity contribution in [3.05, 3.63) is 0 Å². The quantitative estimate of drug-likeness (QED) is 0.656. The summed E-state index contributed by atoms with van der Waals surface area (Å²) in [6.07, 6.45) is 1.84. The highest BCUT2D eigenvalue weighted by Crippen LogP contribution is 2.27. The van der Waals surface area contributed by atoms with Crippen molar-refractivity contribution >= 4 is 14.7 Å². The first-order valence-corrected chi connectivity index (χ1v) is 8.05. The summed E-state index contributed by atoms with van der Waals surface area (Å²) in [6.45, 7) is 10.1. The van der Waals surface area contributed by atoms with E-state index in [0.29, 0.717) is 5.91 Å². The molecule has 0 atom stereocenters. The van der Waals surface area contributed by atoms with Crippen LogP contribution in [-0.4, -0.2) is 31.3 Å². The third-order valence-electron chi connectivity index (χ3n) is 3.75. The van der Waals surface area contributed by atoms with Crippen molar-refractivity contribution in [1.82, 2.24) is 4.90 Å². The number of hydrogen-bond acceptors (Lipinski definition) is 1. The molecule has 1 aliphatic rings. The predicted molar refractivity (Wildman–Crippen MR) is 63.1 cm³/mol. The third kappa shape index (κ3) is 2.02. The molecule has 0 aliphatic carbocycles. The maximum atomic E-state index is 11.7. The molecule has 0 aromatic carbocycles. The average molecular weight is 213 g/mol. The van der Waals surface area contributed by atoms with Crippen molar-refractivity contribution < 1.29 is 4.79 Å². The fourth-order valence-electron chi connectivity index (χ4n) is 2.77. The Morgan fingerprint density at radius 3 is 2.29 bits per heavy atom. The Morgan fingerprint density at radius 2 is 1.93 bits per heavy atom. The molecule has 3 heteroatoms. The number of amides is 1. The van der Waals surface area contributed by atoms with Crippen molar-refractivity contribution in [1.29, 1.82) is 0 Å². The lowest BCUT2D eigenvalue weighted by atomic mass is 10.3. The molecule has 0 aromatic heterocycles. The molecule has 1 saturated heterocycles. The van der Waals surface area contributed by atoms with Crippen LogP contribution in [-0.2, 0) is 4.79 Å². The Labute approximate surface area is 89.3 Å². The maximum absolute atomic E-state index is 11.7. The molecule has 1 amide bonds. The van der Waals surface area contributed by atoms with Crippen molar-refractivity contribution in [2.75, 3.05) is 6.54 Å². The van der Waals surface area contributed by atoms with Crippen molar-refractivity contribution in [2.45, 2.75) is 57.8 Å². The summed E-state index contributed by atoms with van der Waals surface area (Å²) in [6, 6.07) is 2.60. The van der Waals surface area contributed by atoms with Crippen LogP contribution >= 0.6 is 0 Å². The summed E-state index contributed by atoms with van der Waals surface area (Å²) >= 11 is 0. The zero-order chi connectivity index (χ0) is 10.8. The van der Waals surface area contributed by atoms with Crippen molar-refractivity contribution in [3.63, 3.8) is 0 Å². The second-order valence-corrected chi connectivity index (χ2v) is 9.26. The van der Waals surface area contributed by atoms with E-state index in [9.17, 15) is 4.79 Å². The molecule has 0 bridgehead atoms. The summed E-state index contributed by atoms with van der Waals surface area (Å²) < 4.78 is 0. The van der Waals surface area contributed by atoms with Gasteiger partial charge in [0.1, 0.15) is 0 Å². The van der Waals surface area contributed by atoms with Crippen molar-refractivity contribution in [3.8, 4) is 0 Å². The van der Waals surface area contributed by atoms with E-state index in [4.69, 9.17) is 0 Å². The minimum atomic E-state index is -0.788. The van der Waals surface area contributed by atoms with Crippen molar-refractivity contribution in [2.24, 2.45) is 0 Å². The molecule has 0 saturated carbocycles. The van der Waals surface area contributed by atoms with Gasteiger partial charge in [0.05, 0.1) is 8.80 Å². The van der Waals surface area contributed by atoms with Gasteiger partial charge in [0, 0.05) is 18.1 Å². The number of carbonyl (C=O) groups is 1. The molecule has 1 heterocycles. The molecule has 1 fully saturated rings. The first-order valence-electron chi connectivity index (χ1n) is 5.84. The number of likely N-dealkylation sites (tertiary alicyclic amines) is 1. The Balaban J connectivity index is 2.76. The van der Waals surface area contributed by atoms with Crippen LogP contribution in [0.4, 0.5) is 0 Å². The van der Waals surface area contributed by atoms with Gasteiger partial charge in [-0.2, -0.15) is 0 Å². The number of carbonyl (C=O) groups excluding carboxylic acids is 1. The number of nitrogens with zero attached hydrogens (tertiary/aromatic N) is 1. The summed E-state index contributed by atoms with van der Waals surface area (Å²) in [5.74, 6) is 0.384. The maximum Gasteiger partial charge on any atom is 0.222 e. The van der Waals surface area contributed by atoms with E-state index >= 15 is 0 Å². The summed E-state index contributed by atoms with van der Waals surface area (Å²) in [4.78, 5) is 13.9. The highest BCUT2D eigenvalue weighted by Gasteiger charge is 2.38. The highest BCUT2D eigenvalue weighted by atomic mass is 28.3. The number of rotatable bonds is 4. The molecular formula is C11H23NOSi. The number of hydrogen-bond donors (Lipinski definition) is 0. The van der Waals surface area contributed by atoms with Gasteiger partial charge in [-0.1, -0.05) is 25.9 Å². The Bertz CT molecular complexity index is 211. The first kappa shape index (κ1) is 11.8. The zero-order valence-corrected chi connectivity index (χ0v) is 11.1. The zero-order valence-electron chi connectivity index (χ0n) is 9.97. The normalized spacial score (nSPS) is 18.4. The predicted octanol–water partition coefficient (Wildman–Crippen LogP) is 2.19. The summed E-state index contributed by atoms with van der Waals surface area (Å²) in [5.41, 5.74) is 0. The van der Waals surface area contributed by atoms with Crippen LogP contribution in [0.2, 0.25) is 12.1 Å². The topological polar surface area (TPSA) is 20.3 Å². The van der Waals surface area contributed by atoms with Crippen LogP contribution in [0.5, 0.6) is 0 Å². The first-order chi connectivity index (χ1) is 6.54. The van der Waals surface area contributed by atoms with Gasteiger partial charge in [0.15, 0.2) is 0 Å². The molecule has 0 spiro atoms. The average Bonchev–Trinajstić information content (AvgIpc) is 2.53. The van der Waals surface area contributed by atoms with Gasteiger partial charge in [0.2, 0.25) is 5.91 Å². The Morgan fingerprint density at radius 1 is 1.36 bits per heavy atom. The molecule has 2 nitrogen and oxygen atoms in total. The van der Waals surface area contributed by atoms with Crippen LogP contribution in [0.15, 0.2) is 0 Å². The monoisotopic (exact) mass is 213 g/mol. The molecular weight excluding hydrogens is 190 g/mol. The summed E-state index contributed by atoms with van der Waals surface area (Å²) in [5, 5.41) is 0.192. The lowest BCUT2D eigenvalue weighted by Crippen LogP contribution is -2.54. The van der Waals surface area contributed by atoms with Crippen LogP contribution in [0.25, 0.3) is 0 Å². The van der Waals surface area contributed by atoms with E-state index in [2.05, 4.69) is 32.6 Å². The largest absolute Gasteiger partial charge is 0.341 e. The van der Waals surface area contributed by atoms with E-state index in [1.807, 2.05) is 0 Å². The molecule has 1 rings (SSSR count). The molecule has 0 radical (unpaired) electrons. The van der Waals surface area contributed by atoms with E-state index < -0.39 is 8.80 Å². The van der Waals surface area contributed by atoms with Crippen LogP contribution in [0.1, 0.15) is 40.5 Å². The van der Waals surface area contributed by atoms with Gasteiger partial charge in [-0.25, -0.2) is 0 Å². The molecule has 0 N–H and O–H groups in total.